The molecule has 0 unspecified atom stereocenters. The minimum Gasteiger partial charge on any atom is -0.378 e. The van der Waals surface area contributed by atoms with E-state index in [1.165, 1.54) is 30.6 Å². The van der Waals surface area contributed by atoms with Crippen LogP contribution in [0.1, 0.15) is 12.8 Å². The molecule has 0 aromatic carbocycles. The van der Waals surface area contributed by atoms with Crippen molar-refractivity contribution < 1.29 is 0 Å². The Bertz CT molecular complexity index is 456. The lowest BCUT2D eigenvalue weighted by Crippen LogP contribution is -2.08. The van der Waals surface area contributed by atoms with Crippen LogP contribution in [0.3, 0.4) is 0 Å². The van der Waals surface area contributed by atoms with E-state index in [1.54, 1.807) is 41.9 Å². The highest BCUT2D eigenvalue weighted by molar-refractivity contribution is 5.14. The van der Waals surface area contributed by atoms with Gasteiger partial charge in [0.2, 0.25) is 0 Å². The Labute approximate surface area is 125 Å². The molecule has 1 fully saturated rings. The van der Waals surface area contributed by atoms with E-state index < -0.39 is 0 Å². The van der Waals surface area contributed by atoms with Crippen molar-refractivity contribution in [1.29, 1.82) is 0 Å². The van der Waals surface area contributed by atoms with Crippen molar-refractivity contribution in [2.75, 3.05) is 13.1 Å². The zero-order valence-corrected chi connectivity index (χ0v) is 12.3. The molecule has 0 saturated carbocycles. The third-order valence-corrected chi connectivity index (χ3v) is 2.76. The summed E-state index contributed by atoms with van der Waals surface area (Å²) in [7, 11) is 0. The lowest BCUT2D eigenvalue weighted by Gasteiger charge is -2.07. The second-order valence-corrected chi connectivity index (χ2v) is 4.18. The lowest BCUT2D eigenvalue weighted by atomic mass is 10.4. The maximum Gasteiger partial charge on any atom is 0.0986 e. The van der Waals surface area contributed by atoms with E-state index >= 15 is 0 Å². The molecule has 1 aliphatic heterocycles. The van der Waals surface area contributed by atoms with E-state index in [-0.39, 0.29) is 0 Å². The molecule has 1 saturated heterocycles. The number of hydrogen-bond acceptors (Lipinski definition) is 4. The van der Waals surface area contributed by atoms with Gasteiger partial charge in [-0.2, -0.15) is 0 Å². The van der Waals surface area contributed by atoms with Gasteiger partial charge in [0.15, 0.2) is 0 Å². The van der Waals surface area contributed by atoms with E-state index in [4.69, 9.17) is 0 Å². The van der Waals surface area contributed by atoms with Crippen LogP contribution in [0.2, 0.25) is 0 Å². The molecule has 3 rings (SSSR count). The first-order valence-electron chi connectivity index (χ1n) is 6.75. The van der Waals surface area contributed by atoms with Crippen LogP contribution in [-0.2, 0) is 0 Å². The van der Waals surface area contributed by atoms with Gasteiger partial charge in [-0.3, -0.25) is 0 Å². The van der Waals surface area contributed by atoms with Gasteiger partial charge in [-0.05, 0) is 19.0 Å². The smallest absolute Gasteiger partial charge is 0.0986 e. The largest absolute Gasteiger partial charge is 0.378 e. The number of likely N-dealkylation sites (tertiary alicyclic amines) is 1. The normalized spacial score (nSPS) is 12.5. The Kier molecular flexibility index (Phi) is 7.97. The van der Waals surface area contributed by atoms with Gasteiger partial charge < -0.3 is 9.47 Å². The third kappa shape index (κ3) is 6.91. The average Bonchev–Trinajstić information content (AvgIpc) is 3.31. The van der Waals surface area contributed by atoms with Gasteiger partial charge in [-0.1, -0.05) is 25.0 Å². The summed E-state index contributed by atoms with van der Waals surface area (Å²) in [4.78, 5) is 6.03. The fraction of sp³-hybridized carbons (Fsp3) is 0.267. The van der Waals surface area contributed by atoms with Crippen LogP contribution in [0, 0.1) is 0 Å². The standard InChI is InChI=1S/C6H11N.C5H6N2.C4H5N3/c1-2-7-5-3-4-6-7;1-2-7-4-3-6-5-7;1-2-7-4-3-5-6-7/h2H,1,3-6H2;2-5H,1H2;2-4H,1H2. The second kappa shape index (κ2) is 10.2. The maximum atomic E-state index is 3.78. The predicted molar refractivity (Wildman–Crippen MR) is 86.0 cm³/mol. The van der Waals surface area contributed by atoms with Gasteiger partial charge in [0.25, 0.3) is 0 Å². The van der Waals surface area contributed by atoms with Crippen molar-refractivity contribution in [3.63, 3.8) is 0 Å². The molecule has 0 radical (unpaired) electrons. The molecule has 0 amide bonds. The van der Waals surface area contributed by atoms with Crippen molar-refractivity contribution in [3.05, 3.63) is 57.1 Å². The Balaban J connectivity index is 0.000000157. The molecule has 2 aromatic rings. The first kappa shape index (κ1) is 16.4. The molecule has 0 N–H and O–H groups in total. The Morgan fingerprint density at radius 1 is 0.905 bits per heavy atom. The van der Waals surface area contributed by atoms with Crippen molar-refractivity contribution in [1.82, 2.24) is 29.4 Å². The molecule has 0 spiro atoms. The highest BCUT2D eigenvalue weighted by atomic mass is 15.4. The van der Waals surface area contributed by atoms with E-state index in [2.05, 4.69) is 39.9 Å². The second-order valence-electron chi connectivity index (χ2n) is 4.18. The first-order chi connectivity index (χ1) is 10.3. The molecule has 0 atom stereocenters. The van der Waals surface area contributed by atoms with Crippen molar-refractivity contribution in [2.45, 2.75) is 12.8 Å². The van der Waals surface area contributed by atoms with Crippen LogP contribution in [0.25, 0.3) is 12.4 Å². The van der Waals surface area contributed by atoms with Gasteiger partial charge in [-0.25, -0.2) is 9.67 Å². The molecule has 21 heavy (non-hydrogen) atoms. The maximum absolute atomic E-state index is 3.78. The fourth-order valence-electron chi connectivity index (χ4n) is 1.62. The summed E-state index contributed by atoms with van der Waals surface area (Å²) in [5.41, 5.74) is 0. The van der Waals surface area contributed by atoms with E-state index in [0.29, 0.717) is 0 Å². The number of hydrogen-bond donors (Lipinski definition) is 0. The summed E-state index contributed by atoms with van der Waals surface area (Å²) in [6.07, 6.45) is 16.4. The lowest BCUT2D eigenvalue weighted by molar-refractivity contribution is 0.469. The van der Waals surface area contributed by atoms with Gasteiger partial charge in [0.05, 0.1) is 18.7 Å². The molecule has 112 valence electrons. The van der Waals surface area contributed by atoms with Crippen LogP contribution in [-0.4, -0.2) is 42.5 Å². The Morgan fingerprint density at radius 2 is 1.67 bits per heavy atom. The van der Waals surface area contributed by atoms with Gasteiger partial charge in [0, 0.05) is 37.9 Å². The summed E-state index contributed by atoms with van der Waals surface area (Å²) < 4.78 is 3.31. The molecule has 0 bridgehead atoms. The zero-order chi connectivity index (χ0) is 15.3. The molecule has 2 aromatic heterocycles. The summed E-state index contributed by atoms with van der Waals surface area (Å²) in [5.74, 6) is 0. The highest BCUT2D eigenvalue weighted by Gasteiger charge is 2.04. The molecule has 0 aliphatic carbocycles. The fourth-order valence-corrected chi connectivity index (χ4v) is 1.62. The van der Waals surface area contributed by atoms with Crippen LogP contribution >= 0.6 is 0 Å². The van der Waals surface area contributed by atoms with E-state index in [9.17, 15) is 0 Å². The number of nitrogens with zero attached hydrogens (tertiary/aromatic N) is 6. The van der Waals surface area contributed by atoms with Crippen LogP contribution in [0.15, 0.2) is 57.1 Å². The van der Waals surface area contributed by atoms with E-state index in [1.807, 2.05) is 12.4 Å². The minimum atomic E-state index is 1.23. The molecular weight excluding hydrogens is 264 g/mol. The van der Waals surface area contributed by atoms with Crippen LogP contribution in [0.5, 0.6) is 0 Å². The quantitative estimate of drug-likeness (QED) is 0.870. The topological polar surface area (TPSA) is 51.8 Å². The van der Waals surface area contributed by atoms with Crippen LogP contribution in [0.4, 0.5) is 0 Å². The summed E-state index contributed by atoms with van der Waals surface area (Å²) >= 11 is 0. The summed E-state index contributed by atoms with van der Waals surface area (Å²) in [5, 5.41) is 7.12. The van der Waals surface area contributed by atoms with Crippen molar-refractivity contribution in [2.24, 2.45) is 0 Å². The molecule has 6 heteroatoms. The highest BCUT2D eigenvalue weighted by Crippen LogP contribution is 2.05. The molecule has 3 heterocycles. The SMILES string of the molecule is C=CN1CCCC1.C=Cn1ccnc1.C=Cn1ccnn1. The van der Waals surface area contributed by atoms with Gasteiger partial charge in [-0.15, -0.1) is 5.10 Å². The van der Waals surface area contributed by atoms with E-state index in [0.717, 1.165) is 0 Å². The zero-order valence-electron chi connectivity index (χ0n) is 12.3. The monoisotopic (exact) mass is 286 g/mol. The Morgan fingerprint density at radius 3 is 1.95 bits per heavy atom. The first-order valence-corrected chi connectivity index (χ1v) is 6.75. The van der Waals surface area contributed by atoms with Crippen molar-refractivity contribution in [3.8, 4) is 0 Å². The number of aromatic nitrogens is 5. The summed E-state index contributed by atoms with van der Waals surface area (Å²) in [6, 6.07) is 0. The van der Waals surface area contributed by atoms with Gasteiger partial charge in [0.1, 0.15) is 0 Å². The minimum absolute atomic E-state index is 1.23. The average molecular weight is 286 g/mol. The predicted octanol–water partition coefficient (Wildman–Crippen LogP) is 2.59. The molecular formula is C15H22N6. The Hall–Kier alpha value is -2.63. The number of rotatable bonds is 3. The van der Waals surface area contributed by atoms with Crippen LogP contribution < -0.4 is 0 Å². The molecule has 6 nitrogen and oxygen atoms in total. The number of imidazole rings is 1. The third-order valence-electron chi connectivity index (χ3n) is 2.76. The van der Waals surface area contributed by atoms with Crippen molar-refractivity contribution >= 4 is 12.4 Å². The molecule has 1 aliphatic rings. The summed E-state index contributed by atoms with van der Waals surface area (Å²) in [6.45, 7) is 13.1. The van der Waals surface area contributed by atoms with Gasteiger partial charge >= 0.3 is 0 Å².